The van der Waals surface area contributed by atoms with E-state index in [1.54, 1.807) is 54.2 Å². The molecule has 0 unspecified atom stereocenters. The van der Waals surface area contributed by atoms with Crippen LogP contribution in [0.5, 0.6) is 11.6 Å². The van der Waals surface area contributed by atoms with E-state index in [9.17, 15) is 8.42 Å². The Morgan fingerprint density at radius 1 is 1.00 bits per heavy atom. The van der Waals surface area contributed by atoms with Gasteiger partial charge in [-0.05, 0) is 31.2 Å². The van der Waals surface area contributed by atoms with E-state index in [1.165, 1.54) is 33.7 Å². The second-order valence-corrected chi connectivity index (χ2v) is 10.8. The Morgan fingerprint density at radius 2 is 1.81 bits per heavy atom. The van der Waals surface area contributed by atoms with Crippen LogP contribution < -0.4 is 9.47 Å². The highest BCUT2D eigenvalue weighted by atomic mass is 35.5. The number of sulfone groups is 1. The minimum Gasteiger partial charge on any atom is -0.494 e. The van der Waals surface area contributed by atoms with E-state index in [0.29, 0.717) is 33.5 Å². The zero-order valence-corrected chi connectivity index (χ0v) is 22.1. The van der Waals surface area contributed by atoms with Crippen LogP contribution in [0, 0.1) is 0 Å². The molecule has 11 nitrogen and oxygen atoms in total. The highest BCUT2D eigenvalue weighted by Gasteiger charge is 2.34. The van der Waals surface area contributed by atoms with E-state index in [2.05, 4.69) is 25.1 Å². The molecule has 0 spiro atoms. The Balaban J connectivity index is 1.83. The van der Waals surface area contributed by atoms with Gasteiger partial charge in [0.2, 0.25) is 5.88 Å². The molecule has 0 radical (unpaired) electrons. The van der Waals surface area contributed by atoms with Crippen molar-refractivity contribution < 1.29 is 22.6 Å². The largest absolute Gasteiger partial charge is 0.494 e. The van der Waals surface area contributed by atoms with E-state index >= 15 is 0 Å². The Hall–Kier alpha value is -3.61. The molecule has 0 saturated carbocycles. The molecule has 0 aliphatic rings. The summed E-state index contributed by atoms with van der Waals surface area (Å²) in [7, 11) is 0.523. The molecule has 0 aliphatic carbocycles. The standard InChI is InChI=1S/C24H25ClN6O5S/c1-15(22(35-3)18-8-7-17(25)13-28-18)37(32,33)14-20-29-30-23(16-6-5-10-26-12-16)31(20)21-19(34-2)9-11-27-24(21)36-4/h5-13,15,22H,14H2,1-4H3/t15-,22-/m0/s1. The van der Waals surface area contributed by atoms with Gasteiger partial charge in [0, 0.05) is 43.5 Å². The van der Waals surface area contributed by atoms with Crippen molar-refractivity contribution in [2.75, 3.05) is 21.3 Å². The van der Waals surface area contributed by atoms with Gasteiger partial charge >= 0.3 is 0 Å². The van der Waals surface area contributed by atoms with Crippen molar-refractivity contribution in [3.63, 3.8) is 0 Å². The Labute approximate surface area is 219 Å². The normalized spacial score (nSPS) is 13.2. The van der Waals surface area contributed by atoms with Crippen molar-refractivity contribution >= 4 is 21.4 Å². The first-order valence-corrected chi connectivity index (χ1v) is 13.2. The lowest BCUT2D eigenvalue weighted by molar-refractivity contribution is 0.0987. The SMILES string of the molecule is COc1ccnc(OC)c1-n1c(CS(=O)(=O)[C@@H](C)[C@H](OC)c2ccc(Cl)cn2)nnc1-c1cccnc1. The van der Waals surface area contributed by atoms with Crippen molar-refractivity contribution in [1.82, 2.24) is 29.7 Å². The summed E-state index contributed by atoms with van der Waals surface area (Å²) in [4.78, 5) is 12.7. The Morgan fingerprint density at radius 3 is 2.43 bits per heavy atom. The van der Waals surface area contributed by atoms with Crippen LogP contribution in [0.3, 0.4) is 0 Å². The Bertz CT molecular complexity index is 1440. The van der Waals surface area contributed by atoms with E-state index in [0.717, 1.165) is 0 Å². The fourth-order valence-corrected chi connectivity index (χ4v) is 5.42. The molecule has 2 atom stereocenters. The molecule has 0 amide bonds. The molecule has 13 heteroatoms. The molecule has 194 valence electrons. The van der Waals surface area contributed by atoms with Gasteiger partial charge in [0.05, 0.1) is 30.2 Å². The van der Waals surface area contributed by atoms with Gasteiger partial charge in [-0.2, -0.15) is 0 Å². The van der Waals surface area contributed by atoms with Crippen molar-refractivity contribution in [3.05, 3.63) is 71.7 Å². The molecule has 0 aliphatic heterocycles. The summed E-state index contributed by atoms with van der Waals surface area (Å²) in [5.74, 6) is 0.614. The minimum absolute atomic E-state index is 0.134. The van der Waals surface area contributed by atoms with Gasteiger partial charge in [0.1, 0.15) is 17.6 Å². The summed E-state index contributed by atoms with van der Waals surface area (Å²) in [5.41, 5.74) is 1.41. The summed E-state index contributed by atoms with van der Waals surface area (Å²) >= 11 is 5.94. The molecule has 0 fully saturated rings. The van der Waals surface area contributed by atoms with Gasteiger partial charge in [-0.3, -0.25) is 14.5 Å². The van der Waals surface area contributed by atoms with Crippen LogP contribution >= 0.6 is 11.6 Å². The molecule has 4 rings (SSSR count). The molecule has 0 bridgehead atoms. The maximum absolute atomic E-state index is 13.7. The monoisotopic (exact) mass is 544 g/mol. The Kier molecular flexibility index (Phi) is 8.00. The van der Waals surface area contributed by atoms with Gasteiger partial charge in [0.15, 0.2) is 27.2 Å². The molecular formula is C24H25ClN6O5S. The zero-order chi connectivity index (χ0) is 26.6. The lowest BCUT2D eigenvalue weighted by Crippen LogP contribution is -2.29. The summed E-state index contributed by atoms with van der Waals surface area (Å²) in [6, 6.07) is 8.44. The van der Waals surface area contributed by atoms with E-state index in [-0.39, 0.29) is 11.7 Å². The molecule has 37 heavy (non-hydrogen) atoms. The first kappa shape index (κ1) is 26.5. The third-order valence-corrected chi connectivity index (χ3v) is 8.02. The van der Waals surface area contributed by atoms with Crippen molar-refractivity contribution in [2.24, 2.45) is 0 Å². The average Bonchev–Trinajstić information content (AvgIpc) is 3.32. The van der Waals surface area contributed by atoms with Crippen LogP contribution in [0.1, 0.15) is 24.5 Å². The second kappa shape index (κ2) is 11.2. The number of methoxy groups -OCH3 is 3. The number of aromatic nitrogens is 6. The highest BCUT2D eigenvalue weighted by Crippen LogP contribution is 2.36. The van der Waals surface area contributed by atoms with Crippen LogP contribution in [0.25, 0.3) is 17.1 Å². The molecule has 4 aromatic heterocycles. The van der Waals surface area contributed by atoms with E-state index in [1.807, 2.05) is 0 Å². The van der Waals surface area contributed by atoms with Gasteiger partial charge < -0.3 is 14.2 Å². The van der Waals surface area contributed by atoms with Crippen LogP contribution in [0.15, 0.2) is 55.1 Å². The van der Waals surface area contributed by atoms with Crippen LogP contribution in [-0.4, -0.2) is 64.7 Å². The number of ether oxygens (including phenoxy) is 3. The predicted molar refractivity (Wildman–Crippen MR) is 137 cm³/mol. The van der Waals surface area contributed by atoms with Crippen molar-refractivity contribution in [2.45, 2.75) is 24.0 Å². The maximum Gasteiger partial charge on any atom is 0.242 e. The predicted octanol–water partition coefficient (Wildman–Crippen LogP) is 3.48. The summed E-state index contributed by atoms with van der Waals surface area (Å²) in [6.45, 7) is 1.56. The molecule has 4 heterocycles. The average molecular weight is 545 g/mol. The number of hydrogen-bond donors (Lipinski definition) is 0. The van der Waals surface area contributed by atoms with Gasteiger partial charge in [0.25, 0.3) is 0 Å². The molecule has 0 aromatic carbocycles. The topological polar surface area (TPSA) is 131 Å². The smallest absolute Gasteiger partial charge is 0.242 e. The van der Waals surface area contributed by atoms with E-state index in [4.69, 9.17) is 25.8 Å². The highest BCUT2D eigenvalue weighted by molar-refractivity contribution is 7.91. The minimum atomic E-state index is -3.86. The fraction of sp³-hybridized carbons (Fsp3) is 0.292. The summed E-state index contributed by atoms with van der Waals surface area (Å²) in [5, 5.41) is 8.01. The quantitative estimate of drug-likeness (QED) is 0.292. The summed E-state index contributed by atoms with van der Waals surface area (Å²) < 4.78 is 45.5. The molecule has 0 N–H and O–H groups in total. The number of halogens is 1. The van der Waals surface area contributed by atoms with Gasteiger partial charge in [-0.25, -0.2) is 13.4 Å². The van der Waals surface area contributed by atoms with Gasteiger partial charge in [-0.1, -0.05) is 11.6 Å². The maximum atomic E-state index is 13.7. The third-order valence-electron chi connectivity index (χ3n) is 5.76. The second-order valence-electron chi connectivity index (χ2n) is 7.96. The van der Waals surface area contributed by atoms with E-state index < -0.39 is 26.9 Å². The zero-order valence-electron chi connectivity index (χ0n) is 20.6. The third kappa shape index (κ3) is 5.41. The van der Waals surface area contributed by atoms with Crippen LogP contribution in [0.2, 0.25) is 5.02 Å². The molecule has 0 saturated heterocycles. The fourth-order valence-electron chi connectivity index (χ4n) is 3.87. The number of pyridine rings is 3. The first-order chi connectivity index (χ1) is 17.8. The van der Waals surface area contributed by atoms with Gasteiger partial charge in [-0.15, -0.1) is 10.2 Å². The number of nitrogens with zero attached hydrogens (tertiary/aromatic N) is 6. The molecular weight excluding hydrogens is 520 g/mol. The first-order valence-electron chi connectivity index (χ1n) is 11.1. The lowest BCUT2D eigenvalue weighted by atomic mass is 10.2. The van der Waals surface area contributed by atoms with Crippen LogP contribution in [-0.2, 0) is 20.3 Å². The number of rotatable bonds is 10. The molecule has 4 aromatic rings. The summed E-state index contributed by atoms with van der Waals surface area (Å²) in [6.07, 6.45) is 5.36. The van der Waals surface area contributed by atoms with Crippen molar-refractivity contribution in [3.8, 4) is 28.7 Å². The van der Waals surface area contributed by atoms with Crippen LogP contribution in [0.4, 0.5) is 0 Å². The lowest BCUT2D eigenvalue weighted by Gasteiger charge is -2.23. The van der Waals surface area contributed by atoms with Crippen molar-refractivity contribution in [1.29, 1.82) is 0 Å². The number of hydrogen-bond acceptors (Lipinski definition) is 10.